The Morgan fingerprint density at radius 3 is 2.54 bits per heavy atom. The van der Waals surface area contributed by atoms with Crippen molar-refractivity contribution in [1.29, 1.82) is 0 Å². The summed E-state index contributed by atoms with van der Waals surface area (Å²) < 4.78 is 5.36. The van der Waals surface area contributed by atoms with E-state index in [0.29, 0.717) is 16.6 Å². The van der Waals surface area contributed by atoms with E-state index in [1.807, 2.05) is 36.4 Å². The Hall–Kier alpha value is -3.12. The average Bonchev–Trinajstić information content (AvgIpc) is 2.69. The highest BCUT2D eigenvalue weighted by atomic mass is 16.5. The standard InChI is InChI=1S/C20H19N3O3/c24-19-16-3-1-2-4-18(16)21-13-17(19)20(25)22-14-5-7-15(8-6-14)23-9-11-26-12-10-23/h1-8,13H,9-12H2,(H,21,24)(H,22,25). The molecule has 6 nitrogen and oxygen atoms in total. The third-order valence-corrected chi connectivity index (χ3v) is 4.53. The molecule has 6 heteroatoms. The number of nitrogens with one attached hydrogen (secondary N) is 2. The van der Waals surface area contributed by atoms with Crippen LogP contribution in [-0.4, -0.2) is 37.2 Å². The van der Waals surface area contributed by atoms with Crippen LogP contribution in [0.2, 0.25) is 0 Å². The zero-order valence-electron chi connectivity index (χ0n) is 14.2. The van der Waals surface area contributed by atoms with Crippen LogP contribution < -0.4 is 15.6 Å². The summed E-state index contributed by atoms with van der Waals surface area (Å²) in [5, 5.41) is 3.29. The van der Waals surface area contributed by atoms with Crippen LogP contribution in [0.15, 0.2) is 59.5 Å². The number of aromatic amines is 1. The Morgan fingerprint density at radius 1 is 1.04 bits per heavy atom. The lowest BCUT2D eigenvalue weighted by Gasteiger charge is -2.28. The molecule has 1 aliphatic heterocycles. The molecular formula is C20H19N3O3. The van der Waals surface area contributed by atoms with Crippen LogP contribution in [0.5, 0.6) is 0 Å². The minimum absolute atomic E-state index is 0.0981. The monoisotopic (exact) mass is 349 g/mol. The predicted octanol–water partition coefficient (Wildman–Crippen LogP) is 2.62. The van der Waals surface area contributed by atoms with Gasteiger partial charge >= 0.3 is 0 Å². The minimum atomic E-state index is -0.420. The molecule has 0 unspecified atom stereocenters. The number of morpholine rings is 1. The number of carbonyl (C=O) groups excluding carboxylic acids is 1. The van der Waals surface area contributed by atoms with E-state index in [0.717, 1.165) is 32.0 Å². The maximum atomic E-state index is 12.5. The third-order valence-electron chi connectivity index (χ3n) is 4.53. The summed E-state index contributed by atoms with van der Waals surface area (Å²) in [6, 6.07) is 14.8. The van der Waals surface area contributed by atoms with Crippen LogP contribution >= 0.6 is 0 Å². The van der Waals surface area contributed by atoms with Crippen molar-refractivity contribution in [3.8, 4) is 0 Å². The number of nitrogens with zero attached hydrogens (tertiary/aromatic N) is 1. The quantitative estimate of drug-likeness (QED) is 0.762. The summed E-state index contributed by atoms with van der Waals surface area (Å²) in [5.74, 6) is -0.420. The molecule has 0 atom stereocenters. The van der Waals surface area contributed by atoms with Crippen molar-refractivity contribution < 1.29 is 9.53 Å². The van der Waals surface area contributed by atoms with Gasteiger partial charge in [-0.05, 0) is 36.4 Å². The highest BCUT2D eigenvalue weighted by molar-refractivity contribution is 6.05. The summed E-state index contributed by atoms with van der Waals surface area (Å²) in [6.45, 7) is 3.17. The number of hydrogen-bond donors (Lipinski definition) is 2. The topological polar surface area (TPSA) is 74.4 Å². The molecule has 26 heavy (non-hydrogen) atoms. The summed E-state index contributed by atoms with van der Waals surface area (Å²) in [5.41, 5.74) is 2.28. The van der Waals surface area contributed by atoms with Gasteiger partial charge in [0, 0.05) is 41.6 Å². The highest BCUT2D eigenvalue weighted by Gasteiger charge is 2.14. The van der Waals surface area contributed by atoms with Gasteiger partial charge in [-0.15, -0.1) is 0 Å². The van der Waals surface area contributed by atoms with Gasteiger partial charge in [-0.1, -0.05) is 12.1 Å². The number of para-hydroxylation sites is 1. The van der Waals surface area contributed by atoms with Crippen LogP contribution in [-0.2, 0) is 4.74 Å². The molecule has 1 aromatic heterocycles. The van der Waals surface area contributed by atoms with E-state index in [4.69, 9.17) is 4.74 Å². The lowest BCUT2D eigenvalue weighted by molar-refractivity contribution is 0.102. The number of H-pyrrole nitrogens is 1. The van der Waals surface area contributed by atoms with Gasteiger partial charge < -0.3 is 19.9 Å². The van der Waals surface area contributed by atoms with Crippen LogP contribution in [0.1, 0.15) is 10.4 Å². The molecule has 1 aliphatic rings. The fraction of sp³-hybridized carbons (Fsp3) is 0.200. The van der Waals surface area contributed by atoms with Crippen molar-refractivity contribution in [2.24, 2.45) is 0 Å². The number of ether oxygens (including phenoxy) is 1. The zero-order valence-corrected chi connectivity index (χ0v) is 14.2. The normalized spacial score (nSPS) is 14.4. The molecule has 1 saturated heterocycles. The molecule has 0 bridgehead atoms. The van der Waals surface area contributed by atoms with E-state index < -0.39 is 5.91 Å². The molecular weight excluding hydrogens is 330 g/mol. The molecule has 0 spiro atoms. The first-order valence-corrected chi connectivity index (χ1v) is 8.57. The van der Waals surface area contributed by atoms with Gasteiger partial charge in [0.2, 0.25) is 5.43 Å². The molecule has 4 rings (SSSR count). The van der Waals surface area contributed by atoms with Gasteiger partial charge in [-0.2, -0.15) is 0 Å². The second-order valence-corrected chi connectivity index (χ2v) is 6.18. The fourth-order valence-electron chi connectivity index (χ4n) is 3.11. The van der Waals surface area contributed by atoms with Gasteiger partial charge in [0.15, 0.2) is 0 Å². The fourth-order valence-corrected chi connectivity index (χ4v) is 3.11. The maximum Gasteiger partial charge on any atom is 0.261 e. The second kappa shape index (κ2) is 7.01. The Morgan fingerprint density at radius 2 is 1.77 bits per heavy atom. The number of fused-ring (bicyclic) bond motifs is 1. The Bertz CT molecular complexity index is 989. The van der Waals surface area contributed by atoms with Crippen LogP contribution in [0.3, 0.4) is 0 Å². The SMILES string of the molecule is O=C(Nc1ccc(N2CCOCC2)cc1)c1c[nH]c2ccccc2c1=O. The molecule has 1 fully saturated rings. The molecule has 0 radical (unpaired) electrons. The average molecular weight is 349 g/mol. The Labute approximate surface area is 150 Å². The lowest BCUT2D eigenvalue weighted by atomic mass is 10.1. The van der Waals surface area contributed by atoms with Crippen molar-refractivity contribution in [1.82, 2.24) is 4.98 Å². The van der Waals surface area contributed by atoms with E-state index in [1.54, 1.807) is 12.1 Å². The summed E-state index contributed by atoms with van der Waals surface area (Å²) >= 11 is 0. The number of aromatic nitrogens is 1. The van der Waals surface area contributed by atoms with Gasteiger partial charge in [0.1, 0.15) is 5.56 Å². The number of amides is 1. The number of rotatable bonds is 3. The number of pyridine rings is 1. The smallest absolute Gasteiger partial charge is 0.261 e. The van der Waals surface area contributed by atoms with Crippen molar-refractivity contribution >= 4 is 28.2 Å². The largest absolute Gasteiger partial charge is 0.378 e. The first-order chi connectivity index (χ1) is 12.7. The maximum absolute atomic E-state index is 12.5. The molecule has 1 amide bonds. The molecule has 2 N–H and O–H groups in total. The first kappa shape index (κ1) is 16.4. The number of anilines is 2. The number of benzene rings is 2. The van der Waals surface area contributed by atoms with Crippen LogP contribution in [0.25, 0.3) is 10.9 Å². The molecule has 3 aromatic rings. The van der Waals surface area contributed by atoms with E-state index >= 15 is 0 Å². The van der Waals surface area contributed by atoms with Gasteiger partial charge in [0.25, 0.3) is 5.91 Å². The zero-order chi connectivity index (χ0) is 17.9. The Balaban J connectivity index is 1.53. The molecule has 132 valence electrons. The van der Waals surface area contributed by atoms with Crippen molar-refractivity contribution in [3.05, 3.63) is 70.5 Å². The molecule has 2 heterocycles. The lowest BCUT2D eigenvalue weighted by Crippen LogP contribution is -2.36. The first-order valence-electron chi connectivity index (χ1n) is 8.57. The summed E-state index contributed by atoms with van der Waals surface area (Å²) in [4.78, 5) is 30.3. The van der Waals surface area contributed by atoms with Crippen LogP contribution in [0.4, 0.5) is 11.4 Å². The van der Waals surface area contributed by atoms with Gasteiger partial charge in [-0.3, -0.25) is 9.59 Å². The van der Waals surface area contributed by atoms with E-state index in [9.17, 15) is 9.59 Å². The Kier molecular flexibility index (Phi) is 4.41. The minimum Gasteiger partial charge on any atom is -0.378 e. The predicted molar refractivity (Wildman–Crippen MR) is 102 cm³/mol. The molecule has 0 saturated carbocycles. The number of carbonyl (C=O) groups is 1. The van der Waals surface area contributed by atoms with Crippen molar-refractivity contribution in [2.75, 3.05) is 36.5 Å². The van der Waals surface area contributed by atoms with E-state index in [1.165, 1.54) is 6.20 Å². The third kappa shape index (κ3) is 3.19. The number of hydrogen-bond acceptors (Lipinski definition) is 4. The summed E-state index contributed by atoms with van der Waals surface area (Å²) in [6.07, 6.45) is 1.46. The summed E-state index contributed by atoms with van der Waals surface area (Å²) in [7, 11) is 0. The van der Waals surface area contributed by atoms with Crippen molar-refractivity contribution in [3.63, 3.8) is 0 Å². The van der Waals surface area contributed by atoms with E-state index in [2.05, 4.69) is 15.2 Å². The molecule has 2 aromatic carbocycles. The van der Waals surface area contributed by atoms with Gasteiger partial charge in [-0.25, -0.2) is 0 Å². The van der Waals surface area contributed by atoms with Crippen molar-refractivity contribution in [2.45, 2.75) is 0 Å². The second-order valence-electron chi connectivity index (χ2n) is 6.18. The highest BCUT2D eigenvalue weighted by Crippen LogP contribution is 2.19. The molecule has 0 aliphatic carbocycles. The van der Waals surface area contributed by atoms with Gasteiger partial charge in [0.05, 0.1) is 13.2 Å². The van der Waals surface area contributed by atoms with Crippen LogP contribution in [0, 0.1) is 0 Å². The van der Waals surface area contributed by atoms with E-state index in [-0.39, 0.29) is 11.0 Å².